The van der Waals surface area contributed by atoms with Gasteiger partial charge in [0.15, 0.2) is 11.4 Å². The van der Waals surface area contributed by atoms with Gasteiger partial charge in [0, 0.05) is 28.1 Å². The highest BCUT2D eigenvalue weighted by Gasteiger charge is 2.16. The molecular weight excluding hydrogens is 342 g/mol. The molecule has 126 valence electrons. The molecule has 1 aromatic carbocycles. The maximum absolute atomic E-state index is 12.0. The van der Waals surface area contributed by atoms with Gasteiger partial charge in [-0.1, -0.05) is 23.9 Å². The quantitative estimate of drug-likeness (QED) is 0.644. The topological polar surface area (TPSA) is 112 Å². The summed E-state index contributed by atoms with van der Waals surface area (Å²) in [5, 5.41) is 23.1. The summed E-state index contributed by atoms with van der Waals surface area (Å²) in [6.07, 6.45) is 3.15. The minimum absolute atomic E-state index is 0.214. The smallest absolute Gasteiger partial charge is 0.322 e. The molecule has 0 saturated carbocycles. The number of pyridine rings is 2. The standard InChI is InChI=1S/C17H13N3O4S/c21-14(22)9-20-17(24)15-16(23)12-7-11(5-4-10(12)8-19-15)25-13-3-1-2-6-18-13/h1-8,23H,9H2,(H,20,24)(H,21,22). The molecule has 0 radical (unpaired) electrons. The Kier molecular flexibility index (Phi) is 4.80. The lowest BCUT2D eigenvalue weighted by Gasteiger charge is -2.08. The van der Waals surface area contributed by atoms with Gasteiger partial charge in [-0.15, -0.1) is 0 Å². The Morgan fingerprint density at radius 2 is 2.00 bits per heavy atom. The molecule has 3 rings (SSSR count). The fraction of sp³-hybridized carbons (Fsp3) is 0.0588. The summed E-state index contributed by atoms with van der Waals surface area (Å²) in [5.41, 5.74) is -0.214. The van der Waals surface area contributed by atoms with Crippen LogP contribution in [0.3, 0.4) is 0 Å². The number of amides is 1. The second-order valence-corrected chi connectivity index (χ2v) is 6.14. The van der Waals surface area contributed by atoms with E-state index < -0.39 is 18.4 Å². The predicted molar refractivity (Wildman–Crippen MR) is 91.7 cm³/mol. The highest BCUT2D eigenvalue weighted by atomic mass is 32.2. The molecule has 0 aliphatic carbocycles. The van der Waals surface area contributed by atoms with Crippen molar-refractivity contribution >= 4 is 34.4 Å². The minimum atomic E-state index is -1.18. The largest absolute Gasteiger partial charge is 0.505 e. The van der Waals surface area contributed by atoms with Crippen LogP contribution < -0.4 is 5.32 Å². The molecule has 7 nitrogen and oxygen atoms in total. The molecule has 3 N–H and O–H groups in total. The number of fused-ring (bicyclic) bond motifs is 1. The van der Waals surface area contributed by atoms with Crippen molar-refractivity contribution in [2.24, 2.45) is 0 Å². The van der Waals surface area contributed by atoms with E-state index in [9.17, 15) is 14.7 Å². The summed E-state index contributed by atoms with van der Waals surface area (Å²) in [6, 6.07) is 11.0. The average Bonchev–Trinajstić information content (AvgIpc) is 2.61. The first kappa shape index (κ1) is 16.7. The van der Waals surface area contributed by atoms with Crippen LogP contribution in [0, 0.1) is 0 Å². The zero-order valence-corrected chi connectivity index (χ0v) is 13.7. The maximum atomic E-state index is 12.0. The van der Waals surface area contributed by atoms with Gasteiger partial charge in [-0.2, -0.15) is 0 Å². The molecular formula is C17H13N3O4S. The van der Waals surface area contributed by atoms with Crippen molar-refractivity contribution < 1.29 is 19.8 Å². The number of carboxylic acids is 1. The summed E-state index contributed by atoms with van der Waals surface area (Å²) >= 11 is 1.42. The summed E-state index contributed by atoms with van der Waals surface area (Å²) < 4.78 is 0. The van der Waals surface area contributed by atoms with E-state index in [1.807, 2.05) is 24.3 Å². The molecule has 0 aliphatic heterocycles. The van der Waals surface area contributed by atoms with Crippen molar-refractivity contribution in [2.45, 2.75) is 9.92 Å². The van der Waals surface area contributed by atoms with Crippen LogP contribution in [0.25, 0.3) is 10.8 Å². The number of rotatable bonds is 5. The molecule has 2 heterocycles. The number of carboxylic acid groups (broad SMARTS) is 1. The van der Waals surface area contributed by atoms with Crippen LogP contribution in [0.2, 0.25) is 0 Å². The zero-order chi connectivity index (χ0) is 17.8. The second kappa shape index (κ2) is 7.18. The number of aromatic nitrogens is 2. The second-order valence-electron chi connectivity index (χ2n) is 5.05. The van der Waals surface area contributed by atoms with Crippen molar-refractivity contribution in [2.75, 3.05) is 6.54 Å². The summed E-state index contributed by atoms with van der Waals surface area (Å²) in [6.45, 7) is -0.548. The van der Waals surface area contributed by atoms with Gasteiger partial charge >= 0.3 is 5.97 Å². The van der Waals surface area contributed by atoms with E-state index in [0.717, 1.165) is 9.92 Å². The first-order valence-corrected chi connectivity index (χ1v) is 8.07. The lowest BCUT2D eigenvalue weighted by molar-refractivity contribution is -0.135. The Balaban J connectivity index is 1.93. The molecule has 0 saturated heterocycles. The van der Waals surface area contributed by atoms with Gasteiger partial charge in [-0.3, -0.25) is 9.59 Å². The number of nitrogens with one attached hydrogen (secondary N) is 1. The van der Waals surface area contributed by atoms with E-state index in [1.54, 1.807) is 18.3 Å². The van der Waals surface area contributed by atoms with Crippen molar-refractivity contribution in [1.82, 2.24) is 15.3 Å². The van der Waals surface area contributed by atoms with Gasteiger partial charge in [0.25, 0.3) is 5.91 Å². The van der Waals surface area contributed by atoms with Gasteiger partial charge in [-0.05, 0) is 24.3 Å². The van der Waals surface area contributed by atoms with Crippen LogP contribution in [-0.4, -0.2) is 38.6 Å². The van der Waals surface area contributed by atoms with Crippen LogP contribution in [0.15, 0.2) is 58.7 Å². The number of hydrogen-bond acceptors (Lipinski definition) is 6. The Bertz CT molecular complexity index is 947. The fourth-order valence-electron chi connectivity index (χ4n) is 2.17. The molecule has 0 fully saturated rings. The van der Waals surface area contributed by atoms with Crippen molar-refractivity contribution in [3.05, 3.63) is 54.5 Å². The molecule has 0 atom stereocenters. The van der Waals surface area contributed by atoms with Gasteiger partial charge in [-0.25, -0.2) is 9.97 Å². The summed E-state index contributed by atoms with van der Waals surface area (Å²) in [4.78, 5) is 31.5. The Labute approximate surface area is 146 Å². The SMILES string of the molecule is O=C(O)CNC(=O)c1ncc2ccc(Sc3ccccn3)cc2c1O. The molecule has 0 unspecified atom stereocenters. The van der Waals surface area contributed by atoms with Crippen LogP contribution in [0.4, 0.5) is 0 Å². The van der Waals surface area contributed by atoms with Crippen LogP contribution in [0.5, 0.6) is 5.75 Å². The molecule has 0 bridgehead atoms. The Morgan fingerprint density at radius 1 is 1.16 bits per heavy atom. The van der Waals surface area contributed by atoms with E-state index in [1.165, 1.54) is 18.0 Å². The van der Waals surface area contributed by atoms with Crippen molar-refractivity contribution in [3.63, 3.8) is 0 Å². The molecule has 2 aromatic heterocycles. The van der Waals surface area contributed by atoms with E-state index >= 15 is 0 Å². The average molecular weight is 355 g/mol. The van der Waals surface area contributed by atoms with E-state index in [4.69, 9.17) is 5.11 Å². The molecule has 25 heavy (non-hydrogen) atoms. The summed E-state index contributed by atoms with van der Waals surface area (Å²) in [7, 11) is 0. The zero-order valence-electron chi connectivity index (χ0n) is 12.8. The molecule has 0 spiro atoms. The molecule has 1 amide bonds. The number of carbonyl (C=O) groups is 2. The van der Waals surface area contributed by atoms with Crippen LogP contribution in [0.1, 0.15) is 10.5 Å². The number of nitrogens with zero attached hydrogens (tertiary/aromatic N) is 2. The highest BCUT2D eigenvalue weighted by molar-refractivity contribution is 7.99. The monoisotopic (exact) mass is 355 g/mol. The lowest BCUT2D eigenvalue weighted by Crippen LogP contribution is -2.29. The maximum Gasteiger partial charge on any atom is 0.322 e. The number of aromatic hydroxyl groups is 1. The third-order valence-corrected chi connectivity index (χ3v) is 4.25. The normalized spacial score (nSPS) is 10.6. The van der Waals surface area contributed by atoms with E-state index in [-0.39, 0.29) is 11.4 Å². The van der Waals surface area contributed by atoms with Crippen molar-refractivity contribution in [3.8, 4) is 5.75 Å². The van der Waals surface area contributed by atoms with Crippen molar-refractivity contribution in [1.29, 1.82) is 0 Å². The Hall–Kier alpha value is -3.13. The van der Waals surface area contributed by atoms with E-state index in [0.29, 0.717) is 10.8 Å². The third kappa shape index (κ3) is 3.86. The van der Waals surface area contributed by atoms with E-state index in [2.05, 4.69) is 15.3 Å². The Morgan fingerprint density at radius 3 is 2.72 bits per heavy atom. The fourth-order valence-corrected chi connectivity index (χ4v) is 2.99. The van der Waals surface area contributed by atoms with Crippen LogP contribution >= 0.6 is 11.8 Å². The van der Waals surface area contributed by atoms with Gasteiger partial charge < -0.3 is 15.5 Å². The number of benzene rings is 1. The van der Waals surface area contributed by atoms with Crippen LogP contribution in [-0.2, 0) is 4.79 Å². The minimum Gasteiger partial charge on any atom is -0.505 e. The highest BCUT2D eigenvalue weighted by Crippen LogP contribution is 2.33. The molecule has 8 heteroatoms. The molecule has 0 aliphatic rings. The first-order valence-electron chi connectivity index (χ1n) is 7.25. The number of hydrogen-bond donors (Lipinski definition) is 3. The van der Waals surface area contributed by atoms with Gasteiger partial charge in [0.2, 0.25) is 0 Å². The predicted octanol–water partition coefficient (Wildman–Crippen LogP) is 2.30. The lowest BCUT2D eigenvalue weighted by atomic mass is 10.1. The number of carbonyl (C=O) groups excluding carboxylic acids is 1. The number of aliphatic carboxylic acids is 1. The van der Waals surface area contributed by atoms with Gasteiger partial charge in [0.05, 0.1) is 0 Å². The van der Waals surface area contributed by atoms with Gasteiger partial charge in [0.1, 0.15) is 11.6 Å². The summed E-state index contributed by atoms with van der Waals surface area (Å²) in [5.74, 6) is -2.21. The molecule has 3 aromatic rings. The third-order valence-electron chi connectivity index (χ3n) is 3.31. The first-order chi connectivity index (χ1) is 12.0.